The van der Waals surface area contributed by atoms with Crippen LogP contribution in [0.2, 0.25) is 0 Å². The van der Waals surface area contributed by atoms with Gasteiger partial charge in [0.25, 0.3) is 5.56 Å². The molecule has 5 heteroatoms. The molecule has 0 unspecified atom stereocenters. The maximum atomic E-state index is 12.8. The van der Waals surface area contributed by atoms with Gasteiger partial charge in [0.15, 0.2) is 0 Å². The Morgan fingerprint density at radius 1 is 1.08 bits per heavy atom. The molecular formula is C19H19N3O2. The number of anilines is 1. The Kier molecular flexibility index (Phi) is 4.16. The van der Waals surface area contributed by atoms with E-state index in [4.69, 9.17) is 0 Å². The van der Waals surface area contributed by atoms with Crippen LogP contribution in [0.1, 0.15) is 19.7 Å². The average Bonchev–Trinajstić information content (AvgIpc) is 2.56. The molecule has 1 amide bonds. The largest absolute Gasteiger partial charge is 0.326 e. The van der Waals surface area contributed by atoms with Crippen molar-refractivity contribution in [1.29, 1.82) is 0 Å². The molecule has 0 saturated carbocycles. The molecular weight excluding hydrogens is 302 g/mol. The number of nitrogens with zero attached hydrogens (tertiary/aromatic N) is 2. The SMILES string of the molecule is Cc1nc2ccccc2c(=O)n1-c1ccc(NC(=O)C(C)C)cc1. The van der Waals surface area contributed by atoms with Crippen molar-refractivity contribution in [3.63, 3.8) is 0 Å². The number of fused-ring (bicyclic) bond motifs is 1. The Bertz CT molecular complexity index is 957. The van der Waals surface area contributed by atoms with Gasteiger partial charge in [0.05, 0.1) is 16.6 Å². The van der Waals surface area contributed by atoms with Crippen molar-refractivity contribution in [3.05, 3.63) is 64.7 Å². The minimum atomic E-state index is -0.0999. The molecule has 0 saturated heterocycles. The summed E-state index contributed by atoms with van der Waals surface area (Å²) in [4.78, 5) is 29.0. The monoisotopic (exact) mass is 321 g/mol. The topological polar surface area (TPSA) is 64.0 Å². The minimum Gasteiger partial charge on any atom is -0.326 e. The molecule has 1 heterocycles. The van der Waals surface area contributed by atoms with Crippen molar-refractivity contribution in [2.45, 2.75) is 20.8 Å². The maximum Gasteiger partial charge on any atom is 0.265 e. The third-order valence-corrected chi connectivity index (χ3v) is 3.86. The minimum absolute atomic E-state index is 0.0385. The number of benzene rings is 2. The van der Waals surface area contributed by atoms with Gasteiger partial charge in [0.1, 0.15) is 5.82 Å². The van der Waals surface area contributed by atoms with Crippen molar-refractivity contribution in [3.8, 4) is 5.69 Å². The van der Waals surface area contributed by atoms with Gasteiger partial charge in [0, 0.05) is 11.6 Å². The van der Waals surface area contributed by atoms with Gasteiger partial charge in [-0.15, -0.1) is 0 Å². The Morgan fingerprint density at radius 2 is 1.75 bits per heavy atom. The summed E-state index contributed by atoms with van der Waals surface area (Å²) in [6.45, 7) is 5.49. The van der Waals surface area contributed by atoms with Crippen LogP contribution in [0.15, 0.2) is 53.3 Å². The van der Waals surface area contributed by atoms with E-state index >= 15 is 0 Å². The number of carbonyl (C=O) groups is 1. The first-order valence-electron chi connectivity index (χ1n) is 7.87. The summed E-state index contributed by atoms with van der Waals surface area (Å²) in [5, 5.41) is 3.42. The van der Waals surface area contributed by atoms with Gasteiger partial charge in [-0.2, -0.15) is 0 Å². The molecule has 0 spiro atoms. The molecule has 24 heavy (non-hydrogen) atoms. The summed E-state index contributed by atoms with van der Waals surface area (Å²) in [5.41, 5.74) is 2.02. The normalized spacial score (nSPS) is 11.0. The van der Waals surface area contributed by atoms with Crippen LogP contribution < -0.4 is 10.9 Å². The fraction of sp³-hybridized carbons (Fsp3) is 0.211. The molecule has 5 nitrogen and oxygen atoms in total. The second-order valence-electron chi connectivity index (χ2n) is 6.01. The van der Waals surface area contributed by atoms with Gasteiger partial charge in [-0.3, -0.25) is 14.2 Å². The molecule has 0 aliphatic carbocycles. The number of rotatable bonds is 3. The van der Waals surface area contributed by atoms with E-state index in [2.05, 4.69) is 10.3 Å². The molecule has 0 bridgehead atoms. The van der Waals surface area contributed by atoms with E-state index in [1.165, 1.54) is 0 Å². The fourth-order valence-electron chi connectivity index (χ4n) is 2.53. The molecule has 0 radical (unpaired) electrons. The lowest BCUT2D eigenvalue weighted by Crippen LogP contribution is -2.22. The Balaban J connectivity index is 2.02. The van der Waals surface area contributed by atoms with Crippen molar-refractivity contribution < 1.29 is 4.79 Å². The van der Waals surface area contributed by atoms with E-state index in [0.29, 0.717) is 22.4 Å². The number of carbonyl (C=O) groups excluding carboxylic acids is 1. The lowest BCUT2D eigenvalue weighted by Gasteiger charge is -2.12. The van der Waals surface area contributed by atoms with E-state index < -0.39 is 0 Å². The smallest absolute Gasteiger partial charge is 0.265 e. The molecule has 0 atom stereocenters. The molecule has 1 aromatic heterocycles. The number of nitrogens with one attached hydrogen (secondary N) is 1. The van der Waals surface area contributed by atoms with Gasteiger partial charge in [0.2, 0.25) is 5.91 Å². The van der Waals surface area contributed by atoms with Crippen LogP contribution in [0, 0.1) is 12.8 Å². The van der Waals surface area contributed by atoms with E-state index in [9.17, 15) is 9.59 Å². The van der Waals surface area contributed by atoms with Crippen molar-refractivity contribution in [2.75, 3.05) is 5.32 Å². The number of hydrogen-bond acceptors (Lipinski definition) is 3. The highest BCUT2D eigenvalue weighted by atomic mass is 16.2. The molecule has 0 aliphatic heterocycles. The first-order chi connectivity index (χ1) is 11.5. The second kappa shape index (κ2) is 6.28. The third-order valence-electron chi connectivity index (χ3n) is 3.86. The molecule has 2 aromatic carbocycles. The maximum absolute atomic E-state index is 12.8. The van der Waals surface area contributed by atoms with Crippen LogP contribution in [0.3, 0.4) is 0 Å². The quantitative estimate of drug-likeness (QED) is 0.805. The summed E-state index contributed by atoms with van der Waals surface area (Å²) in [5.74, 6) is 0.500. The Hall–Kier alpha value is -2.95. The van der Waals surface area contributed by atoms with Crippen molar-refractivity contribution >= 4 is 22.5 Å². The standard InChI is InChI=1S/C19H19N3O2/c1-12(2)18(23)21-14-8-10-15(11-9-14)22-13(3)20-17-7-5-4-6-16(17)19(22)24/h4-12H,1-3H3,(H,21,23). The molecule has 3 aromatic rings. The van der Waals surface area contributed by atoms with Gasteiger partial charge < -0.3 is 5.32 Å². The summed E-state index contributed by atoms with van der Waals surface area (Å²) >= 11 is 0. The van der Waals surface area contributed by atoms with E-state index in [-0.39, 0.29) is 17.4 Å². The Morgan fingerprint density at radius 3 is 2.42 bits per heavy atom. The summed E-state index contributed by atoms with van der Waals surface area (Å²) < 4.78 is 1.58. The van der Waals surface area contributed by atoms with Crippen LogP contribution >= 0.6 is 0 Å². The third kappa shape index (κ3) is 2.93. The number of aromatic nitrogens is 2. The fourth-order valence-corrected chi connectivity index (χ4v) is 2.53. The number of amides is 1. The zero-order chi connectivity index (χ0) is 17.3. The second-order valence-corrected chi connectivity index (χ2v) is 6.01. The first kappa shape index (κ1) is 15.9. The van der Waals surface area contributed by atoms with E-state index in [1.54, 1.807) is 34.9 Å². The van der Waals surface area contributed by atoms with Crippen LogP contribution in [-0.2, 0) is 4.79 Å². The number of para-hydroxylation sites is 1. The molecule has 122 valence electrons. The highest BCUT2D eigenvalue weighted by Gasteiger charge is 2.10. The summed E-state index contributed by atoms with van der Waals surface area (Å²) in [7, 11) is 0. The molecule has 0 fully saturated rings. The van der Waals surface area contributed by atoms with Crippen LogP contribution in [0.25, 0.3) is 16.6 Å². The predicted octanol–water partition coefficient (Wildman–Crippen LogP) is 3.29. The van der Waals surface area contributed by atoms with Crippen molar-refractivity contribution in [1.82, 2.24) is 9.55 Å². The van der Waals surface area contributed by atoms with Crippen molar-refractivity contribution in [2.24, 2.45) is 5.92 Å². The number of hydrogen-bond donors (Lipinski definition) is 1. The predicted molar refractivity (Wildman–Crippen MR) is 95.5 cm³/mol. The van der Waals surface area contributed by atoms with Gasteiger partial charge in [-0.25, -0.2) is 4.98 Å². The first-order valence-corrected chi connectivity index (χ1v) is 7.87. The van der Waals surface area contributed by atoms with Gasteiger partial charge in [-0.1, -0.05) is 26.0 Å². The highest BCUT2D eigenvalue weighted by molar-refractivity contribution is 5.92. The van der Waals surface area contributed by atoms with E-state index in [0.717, 1.165) is 5.69 Å². The molecule has 1 N–H and O–H groups in total. The van der Waals surface area contributed by atoms with Gasteiger partial charge >= 0.3 is 0 Å². The zero-order valence-electron chi connectivity index (χ0n) is 13.9. The average molecular weight is 321 g/mol. The number of aryl methyl sites for hydroxylation is 1. The molecule has 0 aliphatic rings. The zero-order valence-corrected chi connectivity index (χ0v) is 13.9. The highest BCUT2D eigenvalue weighted by Crippen LogP contribution is 2.16. The van der Waals surface area contributed by atoms with Gasteiger partial charge in [-0.05, 0) is 43.3 Å². The van der Waals surface area contributed by atoms with Crippen LogP contribution in [-0.4, -0.2) is 15.5 Å². The Labute approximate surface area is 140 Å². The van der Waals surface area contributed by atoms with E-state index in [1.807, 2.05) is 39.0 Å². The lowest BCUT2D eigenvalue weighted by atomic mass is 10.2. The van der Waals surface area contributed by atoms with Crippen LogP contribution in [0.5, 0.6) is 0 Å². The summed E-state index contributed by atoms with van der Waals surface area (Å²) in [6, 6.07) is 14.5. The molecule has 3 rings (SSSR count). The summed E-state index contributed by atoms with van der Waals surface area (Å²) in [6.07, 6.45) is 0. The lowest BCUT2D eigenvalue weighted by molar-refractivity contribution is -0.118. The van der Waals surface area contributed by atoms with Crippen LogP contribution in [0.4, 0.5) is 5.69 Å².